The van der Waals surface area contributed by atoms with Gasteiger partial charge in [0.15, 0.2) is 0 Å². The monoisotopic (exact) mass is 371 g/mol. The van der Waals surface area contributed by atoms with Gasteiger partial charge in [0.25, 0.3) is 0 Å². The summed E-state index contributed by atoms with van der Waals surface area (Å²) in [5.41, 5.74) is 1.71. The molecular weight excluding hydrogens is 350 g/mol. The second kappa shape index (κ2) is 7.11. The minimum atomic E-state index is -0.0917. The van der Waals surface area contributed by atoms with Gasteiger partial charge in [0.05, 0.1) is 0 Å². The molecule has 0 unspecified atom stereocenters. The van der Waals surface area contributed by atoms with Crippen LogP contribution in [0.2, 0.25) is 5.02 Å². The molecule has 1 aliphatic heterocycles. The molecule has 136 valence electrons. The number of hydrogen-bond acceptors (Lipinski definition) is 4. The van der Waals surface area contributed by atoms with E-state index in [2.05, 4.69) is 15.2 Å². The zero-order valence-electron chi connectivity index (χ0n) is 14.8. The number of nitrogens with one attached hydrogen (secondary N) is 1. The predicted molar refractivity (Wildman–Crippen MR) is 103 cm³/mol. The highest BCUT2D eigenvalue weighted by Crippen LogP contribution is 2.38. The summed E-state index contributed by atoms with van der Waals surface area (Å²) >= 11 is 6.13. The lowest BCUT2D eigenvalue weighted by atomic mass is 10.2. The summed E-state index contributed by atoms with van der Waals surface area (Å²) in [7, 11) is 0. The van der Waals surface area contributed by atoms with Crippen molar-refractivity contribution in [1.29, 1.82) is 0 Å². The topological polar surface area (TPSA) is 61.4 Å². The number of aromatic nitrogens is 2. The number of halogens is 1. The van der Waals surface area contributed by atoms with Crippen LogP contribution in [0.15, 0.2) is 30.5 Å². The fraction of sp³-hybridized carbons (Fsp3) is 0.421. The summed E-state index contributed by atoms with van der Waals surface area (Å²) in [5.74, 6) is 2.47. The molecule has 1 saturated carbocycles. The Balaban J connectivity index is 1.34. The number of benzene rings is 1. The highest BCUT2D eigenvalue weighted by atomic mass is 35.5. The number of amides is 2. The van der Waals surface area contributed by atoms with E-state index in [-0.39, 0.29) is 6.03 Å². The largest absolute Gasteiger partial charge is 0.353 e. The van der Waals surface area contributed by atoms with Crippen molar-refractivity contribution in [2.75, 3.05) is 36.4 Å². The fourth-order valence-electron chi connectivity index (χ4n) is 3.09. The molecule has 2 aromatic rings. The lowest BCUT2D eigenvalue weighted by Crippen LogP contribution is -2.50. The Hall–Kier alpha value is -2.34. The molecular formula is C19H22ClN5O. The maximum atomic E-state index is 12.5. The number of carbonyl (C=O) groups is 1. The van der Waals surface area contributed by atoms with Gasteiger partial charge in [-0.15, -0.1) is 0 Å². The molecule has 1 saturated heterocycles. The van der Waals surface area contributed by atoms with E-state index in [1.54, 1.807) is 6.07 Å². The van der Waals surface area contributed by atoms with Gasteiger partial charge in [-0.3, -0.25) is 0 Å². The molecule has 2 fully saturated rings. The molecule has 1 N–H and O–H groups in total. The molecule has 2 aliphatic rings. The van der Waals surface area contributed by atoms with Crippen molar-refractivity contribution in [3.8, 4) is 0 Å². The number of piperazine rings is 1. The van der Waals surface area contributed by atoms with Gasteiger partial charge in [0.2, 0.25) is 0 Å². The maximum absolute atomic E-state index is 12.5. The fourth-order valence-corrected chi connectivity index (χ4v) is 3.27. The molecule has 0 spiro atoms. The number of urea groups is 1. The van der Waals surface area contributed by atoms with Crippen LogP contribution in [-0.2, 0) is 0 Å². The van der Waals surface area contributed by atoms with Crippen LogP contribution in [0.1, 0.15) is 30.1 Å². The summed E-state index contributed by atoms with van der Waals surface area (Å²) in [6.07, 6.45) is 4.23. The SMILES string of the molecule is Cc1ccc(NC(=O)N2CCN(c3ccnc(C4CC4)n3)CC2)cc1Cl. The highest BCUT2D eigenvalue weighted by Gasteiger charge is 2.28. The van der Waals surface area contributed by atoms with Crippen LogP contribution in [0.4, 0.5) is 16.3 Å². The van der Waals surface area contributed by atoms with Crippen molar-refractivity contribution in [2.45, 2.75) is 25.7 Å². The van der Waals surface area contributed by atoms with E-state index >= 15 is 0 Å². The molecule has 0 atom stereocenters. The van der Waals surface area contributed by atoms with Gasteiger partial charge < -0.3 is 15.1 Å². The van der Waals surface area contributed by atoms with E-state index in [1.807, 2.05) is 36.2 Å². The highest BCUT2D eigenvalue weighted by molar-refractivity contribution is 6.31. The summed E-state index contributed by atoms with van der Waals surface area (Å²) in [6.45, 7) is 4.80. The number of nitrogens with zero attached hydrogens (tertiary/aromatic N) is 4. The normalized spacial score (nSPS) is 17.3. The molecule has 0 radical (unpaired) electrons. The Kier molecular flexibility index (Phi) is 4.68. The third kappa shape index (κ3) is 3.75. The van der Waals surface area contributed by atoms with Crippen LogP contribution < -0.4 is 10.2 Å². The number of hydrogen-bond donors (Lipinski definition) is 1. The minimum Gasteiger partial charge on any atom is -0.353 e. The molecule has 1 aromatic carbocycles. The number of anilines is 2. The first-order valence-electron chi connectivity index (χ1n) is 9.00. The van der Waals surface area contributed by atoms with Crippen molar-refractivity contribution in [3.05, 3.63) is 46.9 Å². The lowest BCUT2D eigenvalue weighted by Gasteiger charge is -2.35. The molecule has 4 rings (SSSR count). The van der Waals surface area contributed by atoms with Gasteiger partial charge >= 0.3 is 6.03 Å². The van der Waals surface area contributed by atoms with E-state index < -0.39 is 0 Å². The Morgan fingerprint density at radius 3 is 2.65 bits per heavy atom. The van der Waals surface area contributed by atoms with Gasteiger partial charge in [0.1, 0.15) is 11.6 Å². The molecule has 2 heterocycles. The van der Waals surface area contributed by atoms with E-state index in [9.17, 15) is 4.79 Å². The Morgan fingerprint density at radius 1 is 1.19 bits per heavy atom. The summed E-state index contributed by atoms with van der Waals surface area (Å²) < 4.78 is 0. The zero-order valence-corrected chi connectivity index (χ0v) is 15.5. The standard InChI is InChI=1S/C19H22ClN5O/c1-13-2-5-15(12-16(13)20)22-19(26)25-10-8-24(9-11-25)17-6-7-21-18(23-17)14-3-4-14/h2,5-7,12,14H,3-4,8-11H2,1H3,(H,22,26). The first kappa shape index (κ1) is 17.1. The summed E-state index contributed by atoms with van der Waals surface area (Å²) in [6, 6.07) is 7.42. The first-order chi connectivity index (χ1) is 12.6. The molecule has 2 amide bonds. The Morgan fingerprint density at radius 2 is 1.96 bits per heavy atom. The molecule has 0 bridgehead atoms. The third-order valence-electron chi connectivity index (χ3n) is 4.92. The average molecular weight is 372 g/mol. The zero-order chi connectivity index (χ0) is 18.1. The van der Waals surface area contributed by atoms with E-state index in [4.69, 9.17) is 16.6 Å². The van der Waals surface area contributed by atoms with Crippen molar-refractivity contribution >= 4 is 29.1 Å². The molecule has 7 heteroatoms. The smallest absolute Gasteiger partial charge is 0.321 e. The van der Waals surface area contributed by atoms with Crippen molar-refractivity contribution in [2.24, 2.45) is 0 Å². The molecule has 26 heavy (non-hydrogen) atoms. The second-order valence-corrected chi connectivity index (χ2v) is 7.32. The van der Waals surface area contributed by atoms with Gasteiger partial charge in [-0.2, -0.15) is 0 Å². The van der Waals surface area contributed by atoms with E-state index in [0.717, 1.165) is 36.0 Å². The first-order valence-corrected chi connectivity index (χ1v) is 9.38. The molecule has 1 aliphatic carbocycles. The van der Waals surface area contributed by atoms with Gasteiger partial charge in [-0.1, -0.05) is 17.7 Å². The van der Waals surface area contributed by atoms with Gasteiger partial charge in [-0.25, -0.2) is 14.8 Å². The number of rotatable bonds is 3. The minimum absolute atomic E-state index is 0.0917. The number of aryl methyl sites for hydroxylation is 1. The van der Waals surface area contributed by atoms with Crippen LogP contribution in [0.5, 0.6) is 0 Å². The van der Waals surface area contributed by atoms with Crippen molar-refractivity contribution in [3.63, 3.8) is 0 Å². The number of carbonyl (C=O) groups excluding carboxylic acids is 1. The van der Waals surface area contributed by atoms with Crippen LogP contribution in [0.25, 0.3) is 0 Å². The van der Waals surface area contributed by atoms with Crippen molar-refractivity contribution < 1.29 is 4.79 Å². The van der Waals surface area contributed by atoms with Crippen LogP contribution in [-0.4, -0.2) is 47.1 Å². The van der Waals surface area contributed by atoms with E-state index in [1.165, 1.54) is 12.8 Å². The molecule has 1 aromatic heterocycles. The van der Waals surface area contributed by atoms with E-state index in [0.29, 0.717) is 24.0 Å². The summed E-state index contributed by atoms with van der Waals surface area (Å²) in [4.78, 5) is 25.6. The maximum Gasteiger partial charge on any atom is 0.321 e. The quantitative estimate of drug-likeness (QED) is 0.894. The predicted octanol–water partition coefficient (Wildman–Crippen LogP) is 3.67. The Labute approximate surface area is 158 Å². The van der Waals surface area contributed by atoms with Gasteiger partial charge in [0, 0.05) is 49.0 Å². The molecule has 6 nitrogen and oxygen atoms in total. The second-order valence-electron chi connectivity index (χ2n) is 6.92. The van der Waals surface area contributed by atoms with Crippen LogP contribution in [0.3, 0.4) is 0 Å². The lowest BCUT2D eigenvalue weighted by molar-refractivity contribution is 0.208. The van der Waals surface area contributed by atoms with Crippen molar-refractivity contribution in [1.82, 2.24) is 14.9 Å². The van der Waals surface area contributed by atoms with Gasteiger partial charge in [-0.05, 0) is 43.5 Å². The third-order valence-corrected chi connectivity index (χ3v) is 5.32. The van der Waals surface area contributed by atoms with Crippen LogP contribution >= 0.6 is 11.6 Å². The van der Waals surface area contributed by atoms with Crippen LogP contribution in [0, 0.1) is 6.92 Å². The Bertz CT molecular complexity index is 815. The summed E-state index contributed by atoms with van der Waals surface area (Å²) in [5, 5.41) is 3.58. The average Bonchev–Trinajstić information content (AvgIpc) is 3.50.